The lowest BCUT2D eigenvalue weighted by molar-refractivity contribution is 0.0128. The molecule has 0 aromatic heterocycles. The molecule has 5 heteroatoms. The van der Waals surface area contributed by atoms with Crippen LogP contribution in [0.4, 0.5) is 0 Å². The molecule has 122 valence electrons. The van der Waals surface area contributed by atoms with Crippen LogP contribution in [-0.2, 0) is 14.8 Å². The van der Waals surface area contributed by atoms with Gasteiger partial charge in [-0.3, -0.25) is 0 Å². The summed E-state index contributed by atoms with van der Waals surface area (Å²) >= 11 is 0. The van der Waals surface area contributed by atoms with E-state index in [1.165, 1.54) is 25.7 Å². The first kappa shape index (κ1) is 19.9. The van der Waals surface area contributed by atoms with E-state index < -0.39 is 10.0 Å². The average Bonchev–Trinajstić information content (AvgIpc) is 2.27. The Labute approximate surface area is 125 Å². The number of sulfonamides is 1. The highest BCUT2D eigenvalue weighted by molar-refractivity contribution is 7.89. The fourth-order valence-electron chi connectivity index (χ4n) is 2.05. The summed E-state index contributed by atoms with van der Waals surface area (Å²) in [5, 5.41) is 5.17. The van der Waals surface area contributed by atoms with E-state index in [0.717, 1.165) is 6.42 Å². The van der Waals surface area contributed by atoms with Gasteiger partial charge in [-0.15, -0.1) is 0 Å². The van der Waals surface area contributed by atoms with Crippen molar-refractivity contribution in [2.24, 2.45) is 16.5 Å². The van der Waals surface area contributed by atoms with Crippen molar-refractivity contribution >= 4 is 10.0 Å². The number of unbranched alkanes of at least 4 members (excludes halogenated alkanes) is 3. The maximum absolute atomic E-state index is 11.3. The van der Waals surface area contributed by atoms with E-state index in [-0.39, 0.29) is 23.2 Å². The second-order valence-electron chi connectivity index (χ2n) is 6.89. The van der Waals surface area contributed by atoms with E-state index in [1.807, 2.05) is 20.8 Å². The van der Waals surface area contributed by atoms with Gasteiger partial charge >= 0.3 is 0 Å². The van der Waals surface area contributed by atoms with E-state index in [4.69, 9.17) is 9.88 Å². The van der Waals surface area contributed by atoms with Crippen molar-refractivity contribution in [2.45, 2.75) is 72.8 Å². The monoisotopic (exact) mass is 307 g/mol. The van der Waals surface area contributed by atoms with Crippen LogP contribution in [0.5, 0.6) is 0 Å². The number of hydrogen-bond donors (Lipinski definition) is 1. The van der Waals surface area contributed by atoms with E-state index >= 15 is 0 Å². The minimum absolute atomic E-state index is 0.0148. The van der Waals surface area contributed by atoms with Gasteiger partial charge in [0.1, 0.15) is 0 Å². The smallest absolute Gasteiger partial charge is 0.209 e. The Hall–Kier alpha value is -0.130. The molecule has 0 amide bonds. The highest BCUT2D eigenvalue weighted by Crippen LogP contribution is 2.27. The highest BCUT2D eigenvalue weighted by Gasteiger charge is 2.29. The Morgan fingerprint density at radius 2 is 1.75 bits per heavy atom. The third-order valence-corrected chi connectivity index (χ3v) is 4.57. The van der Waals surface area contributed by atoms with Crippen LogP contribution >= 0.6 is 0 Å². The van der Waals surface area contributed by atoms with Gasteiger partial charge in [0.05, 0.1) is 18.5 Å². The van der Waals surface area contributed by atoms with Crippen molar-refractivity contribution in [2.75, 3.05) is 12.4 Å². The van der Waals surface area contributed by atoms with Crippen molar-refractivity contribution in [1.29, 1.82) is 0 Å². The van der Waals surface area contributed by atoms with Gasteiger partial charge in [-0.05, 0) is 18.8 Å². The standard InChI is InChI=1S/C15H33NO3S/c1-6-7-8-9-10-13(2)19-11-14(15(3,4)5)12-20(16,17)18/h13-14H,6-12H2,1-5H3,(H2,16,17,18). The topological polar surface area (TPSA) is 69.4 Å². The first-order chi connectivity index (χ1) is 9.06. The van der Waals surface area contributed by atoms with Crippen molar-refractivity contribution in [3.05, 3.63) is 0 Å². The van der Waals surface area contributed by atoms with Crippen molar-refractivity contribution in [3.63, 3.8) is 0 Å². The lowest BCUT2D eigenvalue weighted by Crippen LogP contribution is -2.35. The number of rotatable bonds is 10. The van der Waals surface area contributed by atoms with Crippen LogP contribution in [0.25, 0.3) is 0 Å². The van der Waals surface area contributed by atoms with Crippen molar-refractivity contribution in [1.82, 2.24) is 0 Å². The molecule has 0 saturated carbocycles. The van der Waals surface area contributed by atoms with Crippen LogP contribution in [-0.4, -0.2) is 26.9 Å². The van der Waals surface area contributed by atoms with Gasteiger partial charge in [-0.25, -0.2) is 13.6 Å². The van der Waals surface area contributed by atoms with Gasteiger partial charge in [0, 0.05) is 5.92 Å². The average molecular weight is 308 g/mol. The molecule has 0 bridgehead atoms. The third-order valence-electron chi connectivity index (χ3n) is 3.70. The summed E-state index contributed by atoms with van der Waals surface area (Å²) < 4.78 is 28.4. The molecule has 0 aromatic rings. The molecule has 0 heterocycles. The SMILES string of the molecule is CCCCCCC(C)OCC(CS(N)(=O)=O)C(C)(C)C. The van der Waals surface area contributed by atoms with Crippen LogP contribution in [0.1, 0.15) is 66.7 Å². The fraction of sp³-hybridized carbons (Fsp3) is 1.00. The molecular weight excluding hydrogens is 274 g/mol. The zero-order chi connectivity index (χ0) is 15.8. The molecule has 0 saturated heterocycles. The van der Waals surface area contributed by atoms with Crippen LogP contribution < -0.4 is 5.14 Å². The normalized spacial score (nSPS) is 16.1. The second kappa shape index (κ2) is 9.00. The van der Waals surface area contributed by atoms with Crippen LogP contribution in [0.3, 0.4) is 0 Å². The zero-order valence-corrected chi connectivity index (χ0v) is 14.6. The molecule has 0 aliphatic carbocycles. The Kier molecular flexibility index (Phi) is 8.95. The summed E-state index contributed by atoms with van der Waals surface area (Å²) in [6.45, 7) is 10.8. The predicted octanol–water partition coefficient (Wildman–Crippen LogP) is 3.31. The van der Waals surface area contributed by atoms with Crippen LogP contribution in [0, 0.1) is 11.3 Å². The van der Waals surface area contributed by atoms with Gasteiger partial charge in [0.2, 0.25) is 10.0 Å². The number of nitrogens with two attached hydrogens (primary N) is 1. The Bertz CT molecular complexity index is 347. The van der Waals surface area contributed by atoms with Crippen LogP contribution in [0.15, 0.2) is 0 Å². The molecule has 0 fully saturated rings. The summed E-state index contributed by atoms with van der Waals surface area (Å²) in [6.07, 6.45) is 6.12. The van der Waals surface area contributed by atoms with E-state index in [0.29, 0.717) is 6.61 Å². The highest BCUT2D eigenvalue weighted by atomic mass is 32.2. The summed E-state index contributed by atoms with van der Waals surface area (Å²) in [6, 6.07) is 0. The molecule has 2 N–H and O–H groups in total. The lowest BCUT2D eigenvalue weighted by atomic mass is 9.82. The molecule has 0 radical (unpaired) electrons. The Morgan fingerprint density at radius 3 is 2.20 bits per heavy atom. The summed E-state index contributed by atoms with van der Waals surface area (Å²) in [5.41, 5.74) is -0.131. The molecule has 4 nitrogen and oxygen atoms in total. The Morgan fingerprint density at radius 1 is 1.15 bits per heavy atom. The molecule has 0 aromatic carbocycles. The Balaban J connectivity index is 4.20. The molecule has 0 aliphatic heterocycles. The third kappa shape index (κ3) is 10.6. The van der Waals surface area contributed by atoms with E-state index in [2.05, 4.69) is 13.8 Å². The number of primary sulfonamides is 1. The van der Waals surface area contributed by atoms with Crippen molar-refractivity contribution in [3.8, 4) is 0 Å². The first-order valence-corrected chi connectivity index (χ1v) is 9.40. The van der Waals surface area contributed by atoms with Gasteiger partial charge in [0.25, 0.3) is 0 Å². The van der Waals surface area contributed by atoms with Crippen LogP contribution in [0.2, 0.25) is 0 Å². The molecule has 0 aliphatic rings. The number of ether oxygens (including phenoxy) is 1. The zero-order valence-electron chi connectivity index (χ0n) is 13.8. The van der Waals surface area contributed by atoms with E-state index in [9.17, 15) is 8.42 Å². The molecule has 20 heavy (non-hydrogen) atoms. The predicted molar refractivity (Wildman–Crippen MR) is 85.1 cm³/mol. The molecule has 2 unspecified atom stereocenters. The quantitative estimate of drug-likeness (QED) is 0.629. The minimum Gasteiger partial charge on any atom is -0.378 e. The molecular formula is C15H33NO3S. The summed E-state index contributed by atoms with van der Waals surface area (Å²) in [7, 11) is -3.46. The van der Waals surface area contributed by atoms with Gasteiger partial charge in [0.15, 0.2) is 0 Å². The molecule has 0 rings (SSSR count). The largest absolute Gasteiger partial charge is 0.378 e. The molecule has 2 atom stereocenters. The maximum Gasteiger partial charge on any atom is 0.209 e. The van der Waals surface area contributed by atoms with Gasteiger partial charge in [-0.1, -0.05) is 53.4 Å². The van der Waals surface area contributed by atoms with Gasteiger partial charge < -0.3 is 4.74 Å². The maximum atomic E-state index is 11.3. The van der Waals surface area contributed by atoms with E-state index in [1.54, 1.807) is 0 Å². The summed E-state index contributed by atoms with van der Waals surface area (Å²) in [4.78, 5) is 0. The lowest BCUT2D eigenvalue weighted by Gasteiger charge is -2.30. The van der Waals surface area contributed by atoms with Gasteiger partial charge in [-0.2, -0.15) is 0 Å². The number of hydrogen-bond acceptors (Lipinski definition) is 3. The first-order valence-electron chi connectivity index (χ1n) is 7.68. The second-order valence-corrected chi connectivity index (χ2v) is 8.54. The summed E-state index contributed by atoms with van der Waals surface area (Å²) in [5.74, 6) is -0.0884. The molecule has 0 spiro atoms. The van der Waals surface area contributed by atoms with Crippen molar-refractivity contribution < 1.29 is 13.2 Å². The minimum atomic E-state index is -3.46. The fourth-order valence-corrected chi connectivity index (χ4v) is 3.21.